The Hall–Kier alpha value is -3.54. The molecule has 3 aromatic rings. The predicted octanol–water partition coefficient (Wildman–Crippen LogP) is 2.87. The first-order valence-electron chi connectivity index (χ1n) is 9.40. The van der Waals surface area contributed by atoms with Gasteiger partial charge in [-0.15, -0.1) is 0 Å². The first kappa shape index (κ1) is 20.2. The van der Waals surface area contributed by atoms with Gasteiger partial charge in [0, 0.05) is 13.0 Å². The van der Waals surface area contributed by atoms with Crippen molar-refractivity contribution >= 4 is 11.8 Å². The summed E-state index contributed by atoms with van der Waals surface area (Å²) in [5.41, 5.74) is 1.83. The Morgan fingerprint density at radius 3 is 2.38 bits per heavy atom. The maximum Gasteiger partial charge on any atom is 0.243 e. The van der Waals surface area contributed by atoms with E-state index in [9.17, 15) is 9.59 Å². The fraction of sp³-hybridized carbons (Fsp3) is 0.217. The molecule has 0 aliphatic rings. The fourth-order valence-corrected chi connectivity index (χ4v) is 2.92. The van der Waals surface area contributed by atoms with E-state index in [1.54, 1.807) is 37.6 Å². The van der Waals surface area contributed by atoms with Crippen molar-refractivity contribution < 1.29 is 18.7 Å². The van der Waals surface area contributed by atoms with Crippen LogP contribution in [0.3, 0.4) is 0 Å². The van der Waals surface area contributed by atoms with Crippen LogP contribution in [0.2, 0.25) is 0 Å². The fourth-order valence-electron chi connectivity index (χ4n) is 2.92. The zero-order valence-corrected chi connectivity index (χ0v) is 16.3. The van der Waals surface area contributed by atoms with E-state index in [2.05, 4.69) is 10.6 Å². The first-order valence-corrected chi connectivity index (χ1v) is 9.40. The van der Waals surface area contributed by atoms with E-state index in [0.717, 1.165) is 16.9 Å². The van der Waals surface area contributed by atoms with Crippen molar-refractivity contribution in [3.8, 4) is 5.75 Å². The van der Waals surface area contributed by atoms with Crippen LogP contribution in [-0.2, 0) is 29.0 Å². The molecule has 1 aromatic heterocycles. The lowest BCUT2D eigenvalue weighted by Gasteiger charge is -2.18. The molecule has 0 aliphatic heterocycles. The standard InChI is InChI=1S/C23H24N2O4/c1-28-19-11-9-17(10-12-19)14-22(26)25-21(15-20-8-5-13-29-20)23(27)24-16-18-6-3-2-4-7-18/h2-13,21H,14-16H2,1H3,(H,24,27)(H,25,26)/t21-/m0/s1. The summed E-state index contributed by atoms with van der Waals surface area (Å²) in [4.78, 5) is 25.3. The van der Waals surface area contributed by atoms with Crippen LogP contribution in [-0.4, -0.2) is 25.0 Å². The van der Waals surface area contributed by atoms with E-state index < -0.39 is 6.04 Å². The van der Waals surface area contributed by atoms with Crippen LogP contribution >= 0.6 is 0 Å². The largest absolute Gasteiger partial charge is 0.497 e. The molecule has 1 atom stereocenters. The number of carbonyl (C=O) groups excluding carboxylic acids is 2. The van der Waals surface area contributed by atoms with Gasteiger partial charge >= 0.3 is 0 Å². The molecule has 1 heterocycles. The maximum absolute atomic E-state index is 12.7. The minimum Gasteiger partial charge on any atom is -0.497 e. The third-order valence-electron chi connectivity index (χ3n) is 4.47. The van der Waals surface area contributed by atoms with Crippen molar-refractivity contribution in [1.29, 1.82) is 0 Å². The highest BCUT2D eigenvalue weighted by molar-refractivity contribution is 5.88. The highest BCUT2D eigenvalue weighted by Gasteiger charge is 2.22. The SMILES string of the molecule is COc1ccc(CC(=O)N[C@@H](Cc2ccco2)C(=O)NCc2ccccc2)cc1. The molecule has 0 aliphatic carbocycles. The first-order chi connectivity index (χ1) is 14.1. The van der Waals surface area contributed by atoms with Crippen LogP contribution in [0.25, 0.3) is 0 Å². The van der Waals surface area contributed by atoms with Crippen LogP contribution in [0.15, 0.2) is 77.4 Å². The van der Waals surface area contributed by atoms with Gasteiger partial charge in [0.15, 0.2) is 0 Å². The predicted molar refractivity (Wildman–Crippen MR) is 109 cm³/mol. The molecule has 3 rings (SSSR count). The van der Waals surface area contributed by atoms with E-state index in [4.69, 9.17) is 9.15 Å². The number of carbonyl (C=O) groups is 2. The molecule has 6 heteroatoms. The Morgan fingerprint density at radius 1 is 0.966 bits per heavy atom. The van der Waals surface area contributed by atoms with Gasteiger partial charge in [-0.05, 0) is 35.4 Å². The van der Waals surface area contributed by atoms with Crippen molar-refractivity contribution in [3.63, 3.8) is 0 Å². The van der Waals surface area contributed by atoms with Gasteiger partial charge in [0.1, 0.15) is 17.6 Å². The second-order valence-corrected chi connectivity index (χ2v) is 6.63. The third-order valence-corrected chi connectivity index (χ3v) is 4.47. The van der Waals surface area contributed by atoms with Crippen LogP contribution in [0, 0.1) is 0 Å². The van der Waals surface area contributed by atoms with Gasteiger partial charge in [-0.2, -0.15) is 0 Å². The minimum atomic E-state index is -0.726. The molecule has 2 amide bonds. The molecule has 2 aromatic carbocycles. The number of rotatable bonds is 9. The van der Waals surface area contributed by atoms with Gasteiger partial charge in [-0.1, -0.05) is 42.5 Å². The summed E-state index contributed by atoms with van der Waals surface area (Å²) >= 11 is 0. The van der Waals surface area contributed by atoms with Gasteiger partial charge in [0.05, 0.1) is 19.8 Å². The molecule has 0 saturated heterocycles. The lowest BCUT2D eigenvalue weighted by molar-refractivity contribution is -0.128. The topological polar surface area (TPSA) is 80.6 Å². The average molecular weight is 392 g/mol. The van der Waals surface area contributed by atoms with Gasteiger partial charge in [0.25, 0.3) is 0 Å². The summed E-state index contributed by atoms with van der Waals surface area (Å²) < 4.78 is 10.5. The van der Waals surface area contributed by atoms with E-state index >= 15 is 0 Å². The van der Waals surface area contributed by atoms with Gasteiger partial charge in [-0.3, -0.25) is 9.59 Å². The second kappa shape index (κ2) is 10.1. The number of furan rings is 1. The summed E-state index contributed by atoms with van der Waals surface area (Å²) in [6.45, 7) is 0.392. The Kier molecular flexibility index (Phi) is 7.05. The van der Waals surface area contributed by atoms with Crippen LogP contribution in [0.1, 0.15) is 16.9 Å². The zero-order valence-electron chi connectivity index (χ0n) is 16.3. The summed E-state index contributed by atoms with van der Waals surface area (Å²) in [5.74, 6) is 0.870. The molecule has 0 spiro atoms. The van der Waals surface area contributed by atoms with Crippen LogP contribution in [0.4, 0.5) is 0 Å². The van der Waals surface area contributed by atoms with Crippen molar-refractivity contribution in [3.05, 3.63) is 89.9 Å². The van der Waals surface area contributed by atoms with Gasteiger partial charge < -0.3 is 19.8 Å². The lowest BCUT2D eigenvalue weighted by atomic mass is 10.1. The maximum atomic E-state index is 12.7. The molecule has 0 radical (unpaired) electrons. The second-order valence-electron chi connectivity index (χ2n) is 6.63. The Labute approximate surface area is 169 Å². The number of nitrogens with one attached hydrogen (secondary N) is 2. The van der Waals surface area contributed by atoms with Gasteiger partial charge in [-0.25, -0.2) is 0 Å². The molecule has 6 nitrogen and oxygen atoms in total. The number of hydrogen-bond acceptors (Lipinski definition) is 4. The van der Waals surface area contributed by atoms with Crippen molar-refractivity contribution in [2.24, 2.45) is 0 Å². The molecule has 29 heavy (non-hydrogen) atoms. The number of benzene rings is 2. The van der Waals surface area contributed by atoms with E-state index in [0.29, 0.717) is 12.3 Å². The molecule has 2 N–H and O–H groups in total. The van der Waals surface area contributed by atoms with E-state index in [1.807, 2.05) is 42.5 Å². The van der Waals surface area contributed by atoms with Crippen LogP contribution in [0.5, 0.6) is 5.75 Å². The number of methoxy groups -OCH3 is 1. The summed E-state index contributed by atoms with van der Waals surface area (Å²) in [6.07, 6.45) is 2.00. The molecule has 0 saturated carbocycles. The van der Waals surface area contributed by atoms with E-state index in [-0.39, 0.29) is 24.7 Å². The van der Waals surface area contributed by atoms with Gasteiger partial charge in [0.2, 0.25) is 11.8 Å². The third kappa shape index (κ3) is 6.24. The molecular formula is C23H24N2O4. The zero-order chi connectivity index (χ0) is 20.5. The molecule has 0 fully saturated rings. The molecule has 0 bridgehead atoms. The molecule has 0 unspecified atom stereocenters. The quantitative estimate of drug-likeness (QED) is 0.587. The highest BCUT2D eigenvalue weighted by Crippen LogP contribution is 2.12. The Morgan fingerprint density at radius 2 is 1.72 bits per heavy atom. The summed E-state index contributed by atoms with van der Waals surface area (Å²) in [6, 6.07) is 19.7. The monoisotopic (exact) mass is 392 g/mol. The van der Waals surface area contributed by atoms with Crippen molar-refractivity contribution in [1.82, 2.24) is 10.6 Å². The van der Waals surface area contributed by atoms with E-state index in [1.165, 1.54) is 0 Å². The lowest BCUT2D eigenvalue weighted by Crippen LogP contribution is -2.48. The Balaban J connectivity index is 1.62. The normalized spacial score (nSPS) is 11.5. The molecule has 150 valence electrons. The average Bonchev–Trinajstić information content (AvgIpc) is 3.26. The highest BCUT2D eigenvalue weighted by atomic mass is 16.5. The number of hydrogen-bond donors (Lipinski definition) is 2. The molecular weight excluding hydrogens is 368 g/mol. The van der Waals surface area contributed by atoms with Crippen molar-refractivity contribution in [2.45, 2.75) is 25.4 Å². The Bertz CT molecular complexity index is 906. The summed E-state index contributed by atoms with van der Waals surface area (Å²) in [5, 5.41) is 5.71. The van der Waals surface area contributed by atoms with Crippen LogP contribution < -0.4 is 15.4 Å². The number of amides is 2. The minimum absolute atomic E-state index is 0.171. The van der Waals surface area contributed by atoms with Crippen molar-refractivity contribution in [2.75, 3.05) is 7.11 Å². The smallest absolute Gasteiger partial charge is 0.243 e. The number of ether oxygens (including phenoxy) is 1. The summed E-state index contributed by atoms with van der Waals surface area (Å²) in [7, 11) is 1.59.